The second-order valence-corrected chi connectivity index (χ2v) is 11.7. The maximum atomic E-state index is 11.5. The van der Waals surface area contributed by atoms with E-state index in [1.165, 1.54) is 0 Å². The quantitative estimate of drug-likeness (QED) is 0.562. The molecule has 2 rings (SSSR count). The number of carbonyl (C=O) groups is 1. The normalized spacial score (nSPS) is 33.7. The van der Waals surface area contributed by atoms with Crippen LogP contribution in [-0.2, 0) is 14.0 Å². The van der Waals surface area contributed by atoms with Crippen LogP contribution in [0.2, 0.25) is 18.1 Å². The van der Waals surface area contributed by atoms with Gasteiger partial charge >= 0.3 is 5.97 Å². The fraction of sp³-hybridized carbons (Fsp3) is 0.923. The van der Waals surface area contributed by atoms with E-state index in [1.54, 1.807) is 0 Å². The third-order valence-corrected chi connectivity index (χ3v) is 9.04. The standard InChI is InChI=1S/C13H24O3Si/c1-13(2,3)17(4,5)16-11-7-9-6-10(8-11)15-12(9)14/h9-11H,6-8H2,1-5H3/t9-,10?,11+/m0/s1. The van der Waals surface area contributed by atoms with E-state index in [2.05, 4.69) is 33.9 Å². The molecular weight excluding hydrogens is 232 g/mol. The molecule has 3 nitrogen and oxygen atoms in total. The molecule has 0 aromatic rings. The van der Waals surface area contributed by atoms with E-state index < -0.39 is 8.32 Å². The Morgan fingerprint density at radius 1 is 1.24 bits per heavy atom. The Morgan fingerprint density at radius 2 is 1.88 bits per heavy atom. The van der Waals surface area contributed by atoms with E-state index in [-0.39, 0.29) is 29.1 Å². The van der Waals surface area contributed by atoms with E-state index in [0.29, 0.717) is 0 Å². The molecule has 1 saturated heterocycles. The molecule has 1 aliphatic heterocycles. The number of fused-ring (bicyclic) bond motifs is 2. The Morgan fingerprint density at radius 3 is 2.41 bits per heavy atom. The van der Waals surface area contributed by atoms with Crippen LogP contribution < -0.4 is 0 Å². The predicted octanol–water partition coefficient (Wildman–Crippen LogP) is 3.10. The first-order chi connectivity index (χ1) is 7.69. The lowest BCUT2D eigenvalue weighted by Crippen LogP contribution is -2.45. The summed E-state index contributed by atoms with van der Waals surface area (Å²) in [5.41, 5.74) is 0. The lowest BCUT2D eigenvalue weighted by molar-refractivity contribution is -0.143. The maximum absolute atomic E-state index is 11.5. The van der Waals surface area contributed by atoms with Crippen molar-refractivity contribution in [1.82, 2.24) is 0 Å². The molecule has 0 radical (unpaired) electrons. The average Bonchev–Trinajstić information content (AvgIpc) is 2.38. The van der Waals surface area contributed by atoms with Gasteiger partial charge in [0.05, 0.1) is 5.92 Å². The van der Waals surface area contributed by atoms with Gasteiger partial charge in [0, 0.05) is 12.5 Å². The van der Waals surface area contributed by atoms with Gasteiger partial charge in [0.15, 0.2) is 8.32 Å². The molecule has 0 aromatic carbocycles. The third kappa shape index (κ3) is 2.57. The van der Waals surface area contributed by atoms with Gasteiger partial charge in [-0.05, 0) is 31.0 Å². The SMILES string of the molecule is CC(C)(C)[Si](C)(C)O[C@H]1CC2C[C@@H](C1)C(=O)O2. The lowest BCUT2D eigenvalue weighted by Gasteiger charge is -2.40. The van der Waals surface area contributed by atoms with Gasteiger partial charge in [-0.2, -0.15) is 0 Å². The van der Waals surface area contributed by atoms with Gasteiger partial charge in [-0.25, -0.2) is 0 Å². The lowest BCUT2D eigenvalue weighted by atomic mass is 9.88. The van der Waals surface area contributed by atoms with Gasteiger partial charge in [0.2, 0.25) is 0 Å². The number of ether oxygens (including phenoxy) is 1. The summed E-state index contributed by atoms with van der Waals surface area (Å²) in [4.78, 5) is 11.5. The maximum Gasteiger partial charge on any atom is 0.309 e. The molecule has 0 N–H and O–H groups in total. The summed E-state index contributed by atoms with van der Waals surface area (Å²) in [5, 5.41) is 0.231. The Hall–Kier alpha value is -0.353. The second kappa shape index (κ2) is 4.09. The fourth-order valence-corrected chi connectivity index (χ4v) is 3.83. The molecule has 3 atom stereocenters. The first-order valence-corrected chi connectivity index (χ1v) is 9.48. The molecule has 1 unspecified atom stereocenters. The van der Waals surface area contributed by atoms with Crippen molar-refractivity contribution in [3.8, 4) is 0 Å². The largest absolute Gasteiger partial charge is 0.462 e. The van der Waals surface area contributed by atoms with Crippen LogP contribution in [0.15, 0.2) is 0 Å². The van der Waals surface area contributed by atoms with Crippen LogP contribution in [0.3, 0.4) is 0 Å². The van der Waals surface area contributed by atoms with E-state index in [0.717, 1.165) is 19.3 Å². The van der Waals surface area contributed by atoms with Crippen LogP contribution in [0.4, 0.5) is 0 Å². The average molecular weight is 256 g/mol. The molecule has 0 aromatic heterocycles. The van der Waals surface area contributed by atoms with E-state index in [4.69, 9.17) is 9.16 Å². The first kappa shape index (κ1) is 13.1. The molecule has 0 amide bonds. The van der Waals surface area contributed by atoms with Crippen LogP contribution in [-0.4, -0.2) is 26.5 Å². The summed E-state index contributed by atoms with van der Waals surface area (Å²) in [6.45, 7) is 11.3. The van der Waals surface area contributed by atoms with E-state index >= 15 is 0 Å². The number of esters is 1. The molecule has 1 aliphatic carbocycles. The smallest absolute Gasteiger partial charge is 0.309 e. The zero-order chi connectivity index (χ0) is 12.8. The molecule has 17 heavy (non-hydrogen) atoms. The van der Waals surface area contributed by atoms with Crippen LogP contribution in [0.5, 0.6) is 0 Å². The first-order valence-electron chi connectivity index (χ1n) is 6.57. The zero-order valence-electron chi connectivity index (χ0n) is 11.6. The summed E-state index contributed by atoms with van der Waals surface area (Å²) in [7, 11) is -1.71. The van der Waals surface area contributed by atoms with Crippen molar-refractivity contribution in [2.75, 3.05) is 0 Å². The number of hydrogen-bond donors (Lipinski definition) is 0. The van der Waals surface area contributed by atoms with Gasteiger partial charge in [-0.3, -0.25) is 4.79 Å². The summed E-state index contributed by atoms with van der Waals surface area (Å²) in [6.07, 6.45) is 3.02. The fourth-order valence-electron chi connectivity index (χ4n) is 2.46. The Kier molecular flexibility index (Phi) is 3.15. The minimum atomic E-state index is -1.71. The predicted molar refractivity (Wildman–Crippen MR) is 69.3 cm³/mol. The highest BCUT2D eigenvalue weighted by Gasteiger charge is 2.46. The molecule has 1 saturated carbocycles. The van der Waals surface area contributed by atoms with Crippen molar-refractivity contribution in [3.63, 3.8) is 0 Å². The van der Waals surface area contributed by atoms with Crippen molar-refractivity contribution in [3.05, 3.63) is 0 Å². The van der Waals surface area contributed by atoms with Crippen molar-refractivity contribution in [2.24, 2.45) is 5.92 Å². The van der Waals surface area contributed by atoms with E-state index in [9.17, 15) is 4.79 Å². The van der Waals surface area contributed by atoms with Gasteiger partial charge in [0.25, 0.3) is 0 Å². The highest BCUT2D eigenvalue weighted by Crippen LogP contribution is 2.42. The van der Waals surface area contributed by atoms with E-state index in [1.807, 2.05) is 0 Å². The summed E-state index contributed by atoms with van der Waals surface area (Å²) < 4.78 is 11.7. The van der Waals surface area contributed by atoms with Crippen molar-refractivity contribution in [1.29, 1.82) is 0 Å². The minimum Gasteiger partial charge on any atom is -0.462 e. The van der Waals surface area contributed by atoms with Gasteiger partial charge < -0.3 is 9.16 Å². The minimum absolute atomic E-state index is 0.00340. The van der Waals surface area contributed by atoms with Gasteiger partial charge in [0.1, 0.15) is 6.10 Å². The monoisotopic (exact) mass is 256 g/mol. The molecule has 2 bridgehead atoms. The molecule has 0 spiro atoms. The summed E-state index contributed by atoms with van der Waals surface area (Å²) in [5.74, 6) is 0.0971. The number of carbonyl (C=O) groups excluding carboxylic acids is 1. The van der Waals surface area contributed by atoms with Gasteiger partial charge in [-0.1, -0.05) is 20.8 Å². The third-order valence-electron chi connectivity index (χ3n) is 4.50. The summed E-state index contributed by atoms with van der Waals surface area (Å²) >= 11 is 0. The Bertz CT molecular complexity index is 319. The molecular formula is C13H24O3Si. The number of hydrogen-bond acceptors (Lipinski definition) is 3. The summed E-state index contributed by atoms with van der Waals surface area (Å²) in [6, 6.07) is 0. The van der Waals surface area contributed by atoms with Crippen molar-refractivity contribution in [2.45, 2.75) is 70.4 Å². The topological polar surface area (TPSA) is 35.5 Å². The molecule has 98 valence electrons. The van der Waals surface area contributed by atoms with Crippen LogP contribution >= 0.6 is 0 Å². The molecule has 1 heterocycles. The van der Waals surface area contributed by atoms with Crippen LogP contribution in [0.25, 0.3) is 0 Å². The zero-order valence-corrected chi connectivity index (χ0v) is 12.6. The molecule has 2 aliphatic rings. The molecule has 4 heteroatoms. The van der Waals surface area contributed by atoms with Crippen LogP contribution in [0, 0.1) is 5.92 Å². The van der Waals surface area contributed by atoms with Gasteiger partial charge in [-0.15, -0.1) is 0 Å². The molecule has 2 fully saturated rings. The highest BCUT2D eigenvalue weighted by atomic mass is 28.4. The number of rotatable bonds is 2. The van der Waals surface area contributed by atoms with Crippen molar-refractivity contribution >= 4 is 14.3 Å². The Labute approximate surface area is 105 Å². The Balaban J connectivity index is 2.00. The van der Waals surface area contributed by atoms with Crippen molar-refractivity contribution < 1.29 is 14.0 Å². The second-order valence-electron chi connectivity index (χ2n) is 6.96. The highest BCUT2D eigenvalue weighted by molar-refractivity contribution is 6.74. The van der Waals surface area contributed by atoms with Crippen LogP contribution in [0.1, 0.15) is 40.0 Å².